The summed E-state index contributed by atoms with van der Waals surface area (Å²) in [6, 6.07) is 0. The molecule has 1 N–H and O–H groups in total. The molecule has 0 unspecified atom stereocenters. The first kappa shape index (κ1) is 9.88. The van der Waals surface area contributed by atoms with E-state index >= 15 is 0 Å². The van der Waals surface area contributed by atoms with Gasteiger partial charge < -0.3 is 19.1 Å². The van der Waals surface area contributed by atoms with E-state index in [1.807, 2.05) is 9.47 Å². The first-order valence-corrected chi connectivity index (χ1v) is 5.17. The molecule has 0 spiro atoms. The van der Waals surface area contributed by atoms with Gasteiger partial charge in [0.25, 0.3) is 0 Å². The van der Waals surface area contributed by atoms with Gasteiger partial charge in [0.2, 0.25) is 0 Å². The smallest absolute Gasteiger partial charge is 0.356 e. The summed E-state index contributed by atoms with van der Waals surface area (Å²) in [6.07, 6.45) is 4.74. The van der Waals surface area contributed by atoms with Crippen LogP contribution in [0.5, 0.6) is 0 Å². The molecule has 1 aliphatic rings. The van der Waals surface area contributed by atoms with Crippen molar-refractivity contribution in [3.63, 3.8) is 0 Å². The van der Waals surface area contributed by atoms with Crippen molar-refractivity contribution in [3.05, 3.63) is 30.2 Å². The first-order chi connectivity index (χ1) is 8.25. The highest BCUT2D eigenvalue weighted by atomic mass is 16.5. The number of hydrogen-bond acceptors (Lipinski definition) is 5. The topological polar surface area (TPSA) is 84.4 Å². The Bertz CT molecular complexity index is 546. The van der Waals surface area contributed by atoms with Gasteiger partial charge in [0, 0.05) is 13.1 Å². The summed E-state index contributed by atoms with van der Waals surface area (Å²) in [7, 11) is 0. The van der Waals surface area contributed by atoms with Crippen LogP contribution >= 0.6 is 0 Å². The van der Waals surface area contributed by atoms with Gasteiger partial charge in [-0.15, -0.1) is 0 Å². The van der Waals surface area contributed by atoms with Crippen LogP contribution in [0.4, 0.5) is 5.69 Å². The zero-order valence-electron chi connectivity index (χ0n) is 8.91. The number of anilines is 1. The van der Waals surface area contributed by atoms with Gasteiger partial charge in [0.1, 0.15) is 6.26 Å². The van der Waals surface area contributed by atoms with Gasteiger partial charge in [-0.3, -0.25) is 0 Å². The Morgan fingerprint density at radius 2 is 2.35 bits per heavy atom. The molecule has 0 saturated heterocycles. The minimum Gasteiger partial charge on any atom is -0.476 e. The molecule has 0 fully saturated rings. The van der Waals surface area contributed by atoms with E-state index in [0.29, 0.717) is 18.8 Å². The summed E-state index contributed by atoms with van der Waals surface area (Å²) >= 11 is 0. The number of rotatable bonds is 2. The number of carboxylic acids is 1. The molecule has 0 radical (unpaired) electrons. The highest BCUT2D eigenvalue weighted by Gasteiger charge is 2.24. The van der Waals surface area contributed by atoms with Crippen molar-refractivity contribution in [3.8, 4) is 0 Å². The predicted octanol–water partition coefficient (Wildman–Crippen LogP) is 0.590. The number of fused-ring (bicyclic) bond motifs is 1. The Morgan fingerprint density at radius 1 is 1.47 bits per heavy atom. The van der Waals surface area contributed by atoms with E-state index in [-0.39, 0.29) is 5.69 Å². The maximum atomic E-state index is 11.0. The van der Waals surface area contributed by atoms with Crippen molar-refractivity contribution in [1.82, 2.24) is 14.7 Å². The normalized spacial score (nSPS) is 14.7. The quantitative estimate of drug-likeness (QED) is 0.818. The zero-order chi connectivity index (χ0) is 11.8. The second-order valence-corrected chi connectivity index (χ2v) is 3.84. The molecule has 0 aromatic carbocycles. The number of aromatic nitrogens is 3. The van der Waals surface area contributed by atoms with E-state index in [1.165, 1.54) is 0 Å². The van der Waals surface area contributed by atoms with Gasteiger partial charge in [-0.25, -0.2) is 9.78 Å². The highest BCUT2D eigenvalue weighted by molar-refractivity contribution is 5.86. The second kappa shape index (κ2) is 3.62. The van der Waals surface area contributed by atoms with Crippen molar-refractivity contribution in [2.75, 3.05) is 11.4 Å². The third-order valence-corrected chi connectivity index (χ3v) is 2.88. The Balaban J connectivity index is 1.94. The first-order valence-electron chi connectivity index (χ1n) is 5.17. The average molecular weight is 234 g/mol. The average Bonchev–Trinajstić information content (AvgIpc) is 2.97. The van der Waals surface area contributed by atoms with E-state index < -0.39 is 5.97 Å². The second-order valence-electron chi connectivity index (χ2n) is 3.84. The summed E-state index contributed by atoms with van der Waals surface area (Å²) < 4.78 is 6.65. The molecule has 0 aliphatic carbocycles. The molecule has 88 valence electrons. The summed E-state index contributed by atoms with van der Waals surface area (Å²) in [5, 5.41) is 12.7. The van der Waals surface area contributed by atoms with Crippen LogP contribution in [0.1, 0.15) is 16.2 Å². The summed E-state index contributed by atoms with van der Waals surface area (Å²) in [5.74, 6) is -0.995. The lowest BCUT2D eigenvalue weighted by Gasteiger charge is -2.28. The minimum absolute atomic E-state index is 0.117. The molecule has 2 aromatic rings. The molecule has 3 rings (SSSR count). The van der Waals surface area contributed by atoms with E-state index in [4.69, 9.17) is 9.63 Å². The monoisotopic (exact) mass is 234 g/mol. The van der Waals surface area contributed by atoms with E-state index in [2.05, 4.69) is 10.1 Å². The molecular weight excluding hydrogens is 224 g/mol. The molecule has 3 heterocycles. The molecule has 0 amide bonds. The van der Waals surface area contributed by atoms with Gasteiger partial charge in [0.05, 0.1) is 30.5 Å². The van der Waals surface area contributed by atoms with Crippen LogP contribution < -0.4 is 4.90 Å². The number of imidazole rings is 1. The van der Waals surface area contributed by atoms with Crippen LogP contribution in [-0.4, -0.2) is 32.3 Å². The van der Waals surface area contributed by atoms with E-state index in [1.54, 1.807) is 18.8 Å². The number of carbonyl (C=O) groups is 1. The fourth-order valence-corrected chi connectivity index (χ4v) is 2.01. The van der Waals surface area contributed by atoms with Crippen LogP contribution in [0, 0.1) is 0 Å². The molecule has 0 saturated carbocycles. The standard InChI is InChI=1S/C10H10N4O3/c15-10(16)9-8-4-13(7-3-12-17-5-7)1-2-14(8)6-11-9/h3,5-6H,1-2,4H2,(H,15,16). The maximum absolute atomic E-state index is 11.0. The van der Waals surface area contributed by atoms with E-state index in [0.717, 1.165) is 12.2 Å². The number of carboxylic acid groups (broad SMARTS) is 1. The Labute approximate surface area is 96.3 Å². The van der Waals surface area contributed by atoms with Crippen molar-refractivity contribution >= 4 is 11.7 Å². The number of hydrogen-bond donors (Lipinski definition) is 1. The van der Waals surface area contributed by atoms with Crippen molar-refractivity contribution < 1.29 is 14.4 Å². The van der Waals surface area contributed by atoms with Crippen molar-refractivity contribution in [2.24, 2.45) is 0 Å². The fourth-order valence-electron chi connectivity index (χ4n) is 2.01. The lowest BCUT2D eigenvalue weighted by Crippen LogP contribution is -2.33. The third kappa shape index (κ3) is 1.55. The molecule has 2 aromatic heterocycles. The highest BCUT2D eigenvalue weighted by Crippen LogP contribution is 2.22. The van der Waals surface area contributed by atoms with E-state index in [9.17, 15) is 4.79 Å². The largest absolute Gasteiger partial charge is 0.476 e. The van der Waals surface area contributed by atoms with Crippen LogP contribution in [0.2, 0.25) is 0 Å². The fraction of sp³-hybridized carbons (Fsp3) is 0.300. The zero-order valence-corrected chi connectivity index (χ0v) is 8.91. The molecular formula is C10H10N4O3. The van der Waals surface area contributed by atoms with Gasteiger partial charge in [-0.05, 0) is 0 Å². The van der Waals surface area contributed by atoms with Crippen LogP contribution in [-0.2, 0) is 13.1 Å². The van der Waals surface area contributed by atoms with Gasteiger partial charge >= 0.3 is 5.97 Å². The predicted molar refractivity (Wildman–Crippen MR) is 56.7 cm³/mol. The molecule has 0 bridgehead atoms. The molecule has 17 heavy (non-hydrogen) atoms. The molecule has 7 heteroatoms. The van der Waals surface area contributed by atoms with Crippen LogP contribution in [0.25, 0.3) is 0 Å². The summed E-state index contributed by atoms with van der Waals surface area (Å²) in [5.41, 5.74) is 1.69. The lowest BCUT2D eigenvalue weighted by molar-refractivity contribution is 0.0689. The maximum Gasteiger partial charge on any atom is 0.356 e. The number of aromatic carboxylic acids is 1. The van der Waals surface area contributed by atoms with Crippen LogP contribution in [0.15, 0.2) is 23.3 Å². The van der Waals surface area contributed by atoms with Crippen molar-refractivity contribution in [2.45, 2.75) is 13.1 Å². The molecule has 1 aliphatic heterocycles. The Morgan fingerprint density at radius 3 is 3.06 bits per heavy atom. The van der Waals surface area contributed by atoms with Crippen LogP contribution in [0.3, 0.4) is 0 Å². The van der Waals surface area contributed by atoms with Gasteiger partial charge in [-0.1, -0.05) is 5.16 Å². The third-order valence-electron chi connectivity index (χ3n) is 2.88. The SMILES string of the molecule is O=C(O)c1ncn2c1CN(c1cnoc1)CC2. The Hall–Kier alpha value is -2.31. The van der Waals surface area contributed by atoms with Gasteiger partial charge in [-0.2, -0.15) is 0 Å². The molecule has 7 nitrogen and oxygen atoms in total. The lowest BCUT2D eigenvalue weighted by atomic mass is 10.2. The summed E-state index contributed by atoms with van der Waals surface area (Å²) in [6.45, 7) is 1.99. The summed E-state index contributed by atoms with van der Waals surface area (Å²) in [4.78, 5) is 16.9. The van der Waals surface area contributed by atoms with Gasteiger partial charge in [0.15, 0.2) is 5.69 Å². The Kier molecular flexibility index (Phi) is 2.10. The van der Waals surface area contributed by atoms with Crippen molar-refractivity contribution in [1.29, 1.82) is 0 Å². The molecule has 0 atom stereocenters. The number of nitrogens with zero attached hydrogens (tertiary/aromatic N) is 4. The minimum atomic E-state index is -0.995.